The smallest absolute Gasteiger partial charge is 0.342 e. The Labute approximate surface area is 213 Å². The van der Waals surface area contributed by atoms with E-state index in [0.29, 0.717) is 29.0 Å². The molecule has 0 spiro atoms. The number of thioether (sulfide) groups is 1. The fraction of sp³-hybridized carbons (Fsp3) is 0.231. The third kappa shape index (κ3) is 4.99. The molecule has 36 heavy (non-hydrogen) atoms. The van der Waals surface area contributed by atoms with Crippen molar-refractivity contribution in [2.45, 2.75) is 32.5 Å². The number of carboxylic acid groups (broad SMARTS) is 1. The van der Waals surface area contributed by atoms with Crippen molar-refractivity contribution in [1.82, 2.24) is 24.3 Å². The second-order valence-corrected chi connectivity index (χ2v) is 8.95. The fourth-order valence-electron chi connectivity index (χ4n) is 3.99. The van der Waals surface area contributed by atoms with Gasteiger partial charge < -0.3 is 23.7 Å². The summed E-state index contributed by atoms with van der Waals surface area (Å²) in [5.74, 6) is 0.803. The van der Waals surface area contributed by atoms with Crippen LogP contribution in [-0.2, 0) is 11.3 Å². The van der Waals surface area contributed by atoms with Crippen molar-refractivity contribution >= 4 is 23.8 Å². The van der Waals surface area contributed by atoms with Gasteiger partial charge in [-0.15, -0.1) is 10.2 Å². The molecule has 0 aliphatic heterocycles. The van der Waals surface area contributed by atoms with Gasteiger partial charge in [0.15, 0.2) is 11.0 Å². The van der Waals surface area contributed by atoms with E-state index < -0.39 is 5.97 Å². The van der Waals surface area contributed by atoms with E-state index in [0.717, 1.165) is 40.0 Å². The topological polar surface area (TPSA) is 104 Å². The number of aliphatic carboxylic acids is 1. The highest BCUT2D eigenvalue weighted by molar-refractivity contribution is 8.04. The van der Waals surface area contributed by atoms with Gasteiger partial charge in [0, 0.05) is 35.8 Å². The Bertz CT molecular complexity index is 1400. The van der Waals surface area contributed by atoms with Crippen LogP contribution in [0.3, 0.4) is 0 Å². The Hall–Kier alpha value is -4.05. The molecule has 0 saturated carbocycles. The summed E-state index contributed by atoms with van der Waals surface area (Å²) < 4.78 is 14.7. The number of rotatable bonds is 9. The molecule has 0 bridgehead atoms. The Morgan fingerprint density at radius 2 is 1.83 bits per heavy atom. The normalized spacial score (nSPS) is 11.5. The van der Waals surface area contributed by atoms with Crippen LogP contribution in [0.1, 0.15) is 23.9 Å². The van der Waals surface area contributed by atoms with Crippen molar-refractivity contribution in [3.8, 4) is 28.6 Å². The number of hydrogen-bond donors (Lipinski definition) is 1. The minimum absolute atomic E-state index is 0.137. The summed E-state index contributed by atoms with van der Waals surface area (Å²) in [6, 6.07) is 11.3. The van der Waals surface area contributed by atoms with Gasteiger partial charge in [-0.05, 0) is 74.5 Å². The van der Waals surface area contributed by atoms with Crippen molar-refractivity contribution in [1.29, 1.82) is 0 Å². The second kappa shape index (κ2) is 10.7. The van der Waals surface area contributed by atoms with Gasteiger partial charge in [0.1, 0.15) is 16.4 Å². The van der Waals surface area contributed by atoms with E-state index in [1.165, 1.54) is 0 Å². The third-order valence-electron chi connectivity index (χ3n) is 5.72. The van der Waals surface area contributed by atoms with Crippen LogP contribution in [0.2, 0.25) is 0 Å². The molecule has 4 rings (SSSR count). The molecular weight excluding hydrogens is 478 g/mol. The maximum absolute atomic E-state index is 12.2. The minimum Gasteiger partial charge on any atom is -0.497 e. The number of pyridine rings is 1. The lowest BCUT2D eigenvalue weighted by Crippen LogP contribution is -2.03. The van der Waals surface area contributed by atoms with Gasteiger partial charge in [-0.3, -0.25) is 4.98 Å². The Balaban J connectivity index is 1.72. The van der Waals surface area contributed by atoms with Crippen LogP contribution in [0.4, 0.5) is 0 Å². The van der Waals surface area contributed by atoms with Gasteiger partial charge in [-0.1, -0.05) is 0 Å². The number of hydrogen-bond acceptors (Lipinski definition) is 7. The number of carboxylic acids is 1. The molecule has 9 nitrogen and oxygen atoms in total. The zero-order chi connectivity index (χ0) is 25.8. The molecule has 0 amide bonds. The largest absolute Gasteiger partial charge is 0.497 e. The van der Waals surface area contributed by atoms with Gasteiger partial charge >= 0.3 is 5.97 Å². The zero-order valence-electron chi connectivity index (χ0n) is 20.7. The summed E-state index contributed by atoms with van der Waals surface area (Å²) in [5.41, 5.74) is 4.38. The Kier molecular flexibility index (Phi) is 7.44. The van der Waals surface area contributed by atoms with Gasteiger partial charge in [0.2, 0.25) is 0 Å². The molecule has 0 fully saturated rings. The number of carbonyl (C=O) groups is 1. The van der Waals surface area contributed by atoms with Gasteiger partial charge in [0.05, 0.1) is 26.1 Å². The molecule has 1 N–H and O–H groups in total. The first-order valence-electron chi connectivity index (χ1n) is 11.2. The Morgan fingerprint density at radius 3 is 2.42 bits per heavy atom. The first-order chi connectivity index (χ1) is 17.4. The van der Waals surface area contributed by atoms with Crippen LogP contribution in [0.5, 0.6) is 11.5 Å². The maximum Gasteiger partial charge on any atom is 0.342 e. The summed E-state index contributed by atoms with van der Waals surface area (Å²) in [6.45, 7) is 6.44. The molecule has 4 aromatic rings. The van der Waals surface area contributed by atoms with E-state index in [4.69, 9.17) is 9.47 Å². The van der Waals surface area contributed by atoms with Crippen molar-refractivity contribution in [3.05, 3.63) is 70.6 Å². The van der Waals surface area contributed by atoms with Crippen LogP contribution in [0.15, 0.2) is 58.9 Å². The number of aromatic nitrogens is 5. The van der Waals surface area contributed by atoms with E-state index in [9.17, 15) is 9.90 Å². The van der Waals surface area contributed by atoms with Crippen LogP contribution < -0.4 is 9.47 Å². The second-order valence-electron chi connectivity index (χ2n) is 7.94. The highest BCUT2D eigenvalue weighted by Gasteiger charge is 2.20. The molecule has 0 aliphatic rings. The van der Waals surface area contributed by atoms with Crippen LogP contribution >= 0.6 is 11.8 Å². The summed E-state index contributed by atoms with van der Waals surface area (Å²) >= 11 is 1.06. The molecule has 3 heterocycles. The monoisotopic (exact) mass is 505 g/mol. The standard InChI is InChI=1S/C26H27N5O4S/c1-6-30-24(19-11-21(34-4)14-22(12-19)35-5)28-29-26(30)36-23(25(32)33)13-18-10-16(2)31(17(18)3)20-8-7-9-27-15-20/h7-15H,6H2,1-5H3,(H,32,33)/b23-13-. The molecular formula is C26H27N5O4S. The first kappa shape index (κ1) is 25.1. The predicted octanol–water partition coefficient (Wildman–Crippen LogP) is 5.00. The summed E-state index contributed by atoms with van der Waals surface area (Å²) in [7, 11) is 3.17. The molecule has 0 aliphatic carbocycles. The lowest BCUT2D eigenvalue weighted by molar-refractivity contribution is -0.131. The van der Waals surface area contributed by atoms with E-state index >= 15 is 0 Å². The lowest BCUT2D eigenvalue weighted by atomic mass is 10.2. The quantitative estimate of drug-likeness (QED) is 0.250. The summed E-state index contributed by atoms with van der Waals surface area (Å²) in [5, 5.41) is 19.1. The first-order valence-corrected chi connectivity index (χ1v) is 12.1. The van der Waals surface area contributed by atoms with Gasteiger partial charge in [-0.25, -0.2) is 4.79 Å². The zero-order valence-corrected chi connectivity index (χ0v) is 21.5. The Morgan fingerprint density at radius 1 is 1.11 bits per heavy atom. The van der Waals surface area contributed by atoms with E-state index in [-0.39, 0.29) is 4.91 Å². The molecule has 1 aromatic carbocycles. The number of benzene rings is 1. The number of ether oxygens (including phenoxy) is 2. The molecule has 3 aromatic heterocycles. The van der Waals surface area contributed by atoms with Crippen molar-refractivity contribution in [3.63, 3.8) is 0 Å². The summed E-state index contributed by atoms with van der Waals surface area (Å²) in [6.07, 6.45) is 5.17. The third-order valence-corrected chi connectivity index (χ3v) is 6.71. The van der Waals surface area contributed by atoms with Gasteiger partial charge in [0.25, 0.3) is 0 Å². The van der Waals surface area contributed by atoms with Crippen LogP contribution in [-0.4, -0.2) is 49.6 Å². The van der Waals surface area contributed by atoms with Crippen molar-refractivity contribution in [2.75, 3.05) is 14.2 Å². The van der Waals surface area contributed by atoms with Crippen LogP contribution in [0, 0.1) is 13.8 Å². The fourth-order valence-corrected chi connectivity index (χ4v) is 4.87. The highest BCUT2D eigenvalue weighted by atomic mass is 32.2. The van der Waals surface area contributed by atoms with E-state index in [1.807, 2.05) is 60.2 Å². The average molecular weight is 506 g/mol. The molecule has 0 atom stereocenters. The van der Waals surface area contributed by atoms with Crippen molar-refractivity contribution in [2.24, 2.45) is 0 Å². The minimum atomic E-state index is -1.04. The lowest BCUT2D eigenvalue weighted by Gasteiger charge is -2.11. The highest BCUT2D eigenvalue weighted by Crippen LogP contribution is 2.34. The van der Waals surface area contributed by atoms with Crippen molar-refractivity contribution < 1.29 is 19.4 Å². The van der Waals surface area contributed by atoms with Gasteiger partial charge in [-0.2, -0.15) is 0 Å². The molecule has 0 radical (unpaired) electrons. The SMILES string of the molecule is CCn1c(S/C(=C\c2cc(C)n(-c3cccnc3)c2C)C(=O)O)nnc1-c1cc(OC)cc(OC)c1. The van der Waals surface area contributed by atoms with Crippen LogP contribution in [0.25, 0.3) is 23.2 Å². The molecule has 0 unspecified atom stereocenters. The molecule has 186 valence electrons. The maximum atomic E-state index is 12.2. The average Bonchev–Trinajstić information content (AvgIpc) is 3.42. The number of methoxy groups -OCH3 is 2. The summed E-state index contributed by atoms with van der Waals surface area (Å²) in [4.78, 5) is 16.6. The number of aryl methyl sites for hydroxylation is 1. The molecule has 0 saturated heterocycles. The van der Waals surface area contributed by atoms with E-state index in [2.05, 4.69) is 15.2 Å². The molecule has 10 heteroatoms. The predicted molar refractivity (Wildman–Crippen MR) is 139 cm³/mol. The van der Waals surface area contributed by atoms with E-state index in [1.54, 1.807) is 38.8 Å². The number of nitrogens with zero attached hydrogens (tertiary/aromatic N) is 5.